The molecule has 0 aliphatic carbocycles. The van der Waals surface area contributed by atoms with Crippen LogP contribution >= 0.6 is 0 Å². The van der Waals surface area contributed by atoms with Gasteiger partial charge in [-0.2, -0.15) is 0 Å². The van der Waals surface area contributed by atoms with Crippen LogP contribution in [0.1, 0.15) is 32.4 Å². The molecule has 3 heteroatoms. The number of aromatic nitrogens is 1. The molecule has 1 aliphatic heterocycles. The van der Waals surface area contributed by atoms with Crippen molar-refractivity contribution in [3.63, 3.8) is 0 Å². The van der Waals surface area contributed by atoms with E-state index in [4.69, 9.17) is 4.74 Å². The van der Waals surface area contributed by atoms with Gasteiger partial charge < -0.3 is 10.1 Å². The molecule has 0 amide bonds. The first-order valence-electron chi connectivity index (χ1n) is 7.79. The zero-order chi connectivity index (χ0) is 15.0. The number of pyridine rings is 1. The topological polar surface area (TPSA) is 34.2 Å². The Labute approximate surface area is 126 Å². The third-order valence-corrected chi connectivity index (χ3v) is 5.00. The molecule has 0 bridgehead atoms. The molecule has 112 valence electrons. The van der Waals surface area contributed by atoms with E-state index in [1.165, 1.54) is 10.9 Å². The van der Waals surface area contributed by atoms with E-state index in [1.54, 1.807) is 0 Å². The molecule has 1 aliphatic rings. The third kappa shape index (κ3) is 2.56. The lowest BCUT2D eigenvalue weighted by molar-refractivity contribution is 0.0478. The van der Waals surface area contributed by atoms with Crippen molar-refractivity contribution in [3.8, 4) is 0 Å². The zero-order valence-electron chi connectivity index (χ0n) is 13.2. The molecule has 2 aromatic rings. The molecule has 1 N–H and O–H groups in total. The van der Waals surface area contributed by atoms with Gasteiger partial charge in [0, 0.05) is 23.5 Å². The highest BCUT2D eigenvalue weighted by molar-refractivity contribution is 5.79. The van der Waals surface area contributed by atoms with E-state index in [0.29, 0.717) is 24.0 Å². The van der Waals surface area contributed by atoms with Crippen molar-refractivity contribution in [2.24, 2.45) is 11.8 Å². The molecule has 5 unspecified atom stereocenters. The van der Waals surface area contributed by atoms with Gasteiger partial charge in [-0.25, -0.2) is 0 Å². The molecule has 3 rings (SSSR count). The van der Waals surface area contributed by atoms with Gasteiger partial charge in [-0.15, -0.1) is 0 Å². The summed E-state index contributed by atoms with van der Waals surface area (Å²) in [4.78, 5) is 4.48. The zero-order valence-corrected chi connectivity index (χ0v) is 13.2. The van der Waals surface area contributed by atoms with Crippen molar-refractivity contribution >= 4 is 10.9 Å². The highest BCUT2D eigenvalue weighted by Crippen LogP contribution is 2.40. The van der Waals surface area contributed by atoms with Gasteiger partial charge in [0.15, 0.2) is 0 Å². The van der Waals surface area contributed by atoms with Crippen molar-refractivity contribution in [2.75, 3.05) is 7.05 Å². The van der Waals surface area contributed by atoms with E-state index >= 15 is 0 Å². The lowest BCUT2D eigenvalue weighted by Gasteiger charge is -2.29. The molecule has 5 atom stereocenters. The number of benzene rings is 1. The number of ether oxygens (including phenoxy) is 1. The van der Waals surface area contributed by atoms with Gasteiger partial charge in [0.2, 0.25) is 0 Å². The Morgan fingerprint density at radius 1 is 1.14 bits per heavy atom. The first-order chi connectivity index (χ1) is 10.1. The molecule has 1 saturated heterocycles. The van der Waals surface area contributed by atoms with Crippen molar-refractivity contribution in [1.82, 2.24) is 10.3 Å². The largest absolute Gasteiger partial charge is 0.375 e. The number of nitrogens with zero attached hydrogens (tertiary/aromatic N) is 1. The summed E-state index contributed by atoms with van der Waals surface area (Å²) >= 11 is 0. The van der Waals surface area contributed by atoms with Gasteiger partial charge in [0.1, 0.15) is 0 Å². The molecular weight excluding hydrogens is 260 g/mol. The maximum absolute atomic E-state index is 6.02. The summed E-state index contributed by atoms with van der Waals surface area (Å²) < 4.78 is 6.02. The van der Waals surface area contributed by atoms with Crippen LogP contribution in [0.25, 0.3) is 10.9 Å². The van der Waals surface area contributed by atoms with Crippen LogP contribution in [0.5, 0.6) is 0 Å². The number of rotatable bonds is 3. The summed E-state index contributed by atoms with van der Waals surface area (Å²) in [5.74, 6) is 1.02. The number of nitrogens with one attached hydrogen (secondary N) is 1. The van der Waals surface area contributed by atoms with E-state index in [9.17, 15) is 0 Å². The Kier molecular flexibility index (Phi) is 3.96. The van der Waals surface area contributed by atoms with Crippen LogP contribution in [0.3, 0.4) is 0 Å². The average molecular weight is 284 g/mol. The number of hydrogen-bond donors (Lipinski definition) is 1. The maximum Gasteiger partial charge on any atom is 0.0705 e. The molecule has 0 saturated carbocycles. The lowest BCUT2D eigenvalue weighted by atomic mass is 9.80. The second-order valence-electron chi connectivity index (χ2n) is 6.20. The van der Waals surface area contributed by atoms with E-state index in [-0.39, 0.29) is 6.10 Å². The van der Waals surface area contributed by atoms with Gasteiger partial charge in [-0.3, -0.25) is 4.98 Å². The predicted molar refractivity (Wildman–Crippen MR) is 86.2 cm³/mol. The Balaban J connectivity index is 1.98. The van der Waals surface area contributed by atoms with E-state index in [1.807, 2.05) is 19.3 Å². The average Bonchev–Trinajstić information content (AvgIpc) is 2.74. The first kappa shape index (κ1) is 14.5. The van der Waals surface area contributed by atoms with Crippen molar-refractivity contribution in [1.29, 1.82) is 0 Å². The normalized spacial score (nSPS) is 30.7. The Hall–Kier alpha value is -1.45. The summed E-state index contributed by atoms with van der Waals surface area (Å²) in [5.41, 5.74) is 2.35. The standard InChI is InChI=1S/C18H24N2O/c1-11-12(2)21-13(3)17(11)18(19-4)15-8-7-14-6-5-9-20-16(14)10-15/h5-13,17-19H,1-4H3. The lowest BCUT2D eigenvalue weighted by Crippen LogP contribution is -2.33. The second kappa shape index (κ2) is 5.74. The van der Waals surface area contributed by atoms with Crippen molar-refractivity contribution < 1.29 is 4.74 Å². The molecule has 2 heterocycles. The molecule has 1 fully saturated rings. The Morgan fingerprint density at radius 2 is 1.95 bits per heavy atom. The van der Waals surface area contributed by atoms with Crippen LogP contribution in [-0.2, 0) is 4.74 Å². The van der Waals surface area contributed by atoms with Crippen LogP contribution in [-0.4, -0.2) is 24.2 Å². The molecule has 21 heavy (non-hydrogen) atoms. The van der Waals surface area contributed by atoms with Crippen LogP contribution in [0.2, 0.25) is 0 Å². The predicted octanol–water partition coefficient (Wildman–Crippen LogP) is 3.55. The number of hydrogen-bond acceptors (Lipinski definition) is 3. The van der Waals surface area contributed by atoms with Crippen molar-refractivity contribution in [2.45, 2.75) is 39.0 Å². The van der Waals surface area contributed by atoms with Gasteiger partial charge in [0.05, 0.1) is 17.7 Å². The molecule has 1 aromatic heterocycles. The maximum atomic E-state index is 6.02. The summed E-state index contributed by atoms with van der Waals surface area (Å²) in [5, 5.41) is 4.69. The minimum atomic E-state index is 0.270. The number of fused-ring (bicyclic) bond motifs is 1. The smallest absolute Gasteiger partial charge is 0.0705 e. The van der Waals surface area contributed by atoms with Crippen LogP contribution in [0, 0.1) is 11.8 Å². The fourth-order valence-electron chi connectivity index (χ4n) is 3.73. The van der Waals surface area contributed by atoms with Gasteiger partial charge in [0.25, 0.3) is 0 Å². The van der Waals surface area contributed by atoms with Crippen LogP contribution in [0.15, 0.2) is 36.5 Å². The summed E-state index contributed by atoms with van der Waals surface area (Å²) in [6, 6.07) is 11.0. The van der Waals surface area contributed by atoms with E-state index in [2.05, 4.69) is 55.3 Å². The van der Waals surface area contributed by atoms with Gasteiger partial charge in [-0.1, -0.05) is 25.1 Å². The minimum Gasteiger partial charge on any atom is -0.375 e. The highest BCUT2D eigenvalue weighted by atomic mass is 16.5. The highest BCUT2D eigenvalue weighted by Gasteiger charge is 2.41. The SMILES string of the molecule is CNC(c1ccc2cccnc2c1)C1C(C)OC(C)C1C. The van der Waals surface area contributed by atoms with Crippen molar-refractivity contribution in [3.05, 3.63) is 42.1 Å². The molecule has 0 radical (unpaired) electrons. The molecule has 3 nitrogen and oxygen atoms in total. The third-order valence-electron chi connectivity index (χ3n) is 5.00. The van der Waals surface area contributed by atoms with Gasteiger partial charge >= 0.3 is 0 Å². The summed E-state index contributed by atoms with van der Waals surface area (Å²) in [7, 11) is 2.04. The monoisotopic (exact) mass is 284 g/mol. The summed E-state index contributed by atoms with van der Waals surface area (Å²) in [6.07, 6.45) is 2.44. The van der Waals surface area contributed by atoms with Crippen LogP contribution in [0.4, 0.5) is 0 Å². The molecular formula is C18H24N2O. The van der Waals surface area contributed by atoms with E-state index in [0.717, 1.165) is 5.52 Å². The fourth-order valence-corrected chi connectivity index (χ4v) is 3.73. The first-order valence-corrected chi connectivity index (χ1v) is 7.79. The molecule has 1 aromatic carbocycles. The minimum absolute atomic E-state index is 0.270. The van der Waals surface area contributed by atoms with E-state index < -0.39 is 0 Å². The van der Waals surface area contributed by atoms with Gasteiger partial charge in [-0.05, 0) is 44.5 Å². The Bertz CT molecular complexity index is 627. The fraction of sp³-hybridized carbons (Fsp3) is 0.500. The Morgan fingerprint density at radius 3 is 2.62 bits per heavy atom. The second-order valence-corrected chi connectivity index (χ2v) is 6.20. The quantitative estimate of drug-likeness (QED) is 0.936. The summed E-state index contributed by atoms with van der Waals surface area (Å²) in [6.45, 7) is 6.66. The van der Waals surface area contributed by atoms with Crippen LogP contribution < -0.4 is 5.32 Å². The molecule has 0 spiro atoms.